The van der Waals surface area contributed by atoms with Gasteiger partial charge in [0.2, 0.25) is 0 Å². The first-order valence-electron chi connectivity index (χ1n) is 5.39. The van der Waals surface area contributed by atoms with E-state index in [1.807, 2.05) is 24.6 Å². The Labute approximate surface area is 105 Å². The summed E-state index contributed by atoms with van der Waals surface area (Å²) in [7, 11) is 0. The zero-order chi connectivity index (χ0) is 12.5. The lowest BCUT2D eigenvalue weighted by Crippen LogP contribution is -2.28. The van der Waals surface area contributed by atoms with Gasteiger partial charge in [0.25, 0.3) is 0 Å². The number of thiazole rings is 1. The number of nitrogen functional groups attached to an aromatic ring is 1. The van der Waals surface area contributed by atoms with Crippen LogP contribution in [0.4, 0.5) is 11.5 Å². The molecule has 3 N–H and O–H groups in total. The minimum atomic E-state index is -0.234. The van der Waals surface area contributed by atoms with E-state index in [2.05, 4.69) is 29.1 Å². The Kier molecular flexibility index (Phi) is 3.02. The maximum Gasteiger partial charge on any atom is 0.129 e. The van der Waals surface area contributed by atoms with Crippen LogP contribution in [0.2, 0.25) is 0 Å². The highest BCUT2D eigenvalue weighted by atomic mass is 32.1. The minimum absolute atomic E-state index is 0.234. The van der Waals surface area contributed by atoms with Crippen molar-refractivity contribution in [2.75, 3.05) is 11.1 Å². The molecule has 0 amide bonds. The number of aryl methyl sites for hydroxylation is 1. The summed E-state index contributed by atoms with van der Waals surface area (Å²) in [5.74, 6) is 0.847. The molecule has 2 heterocycles. The summed E-state index contributed by atoms with van der Waals surface area (Å²) in [6.45, 7) is 6.16. The van der Waals surface area contributed by atoms with E-state index in [1.54, 1.807) is 17.5 Å². The smallest absolute Gasteiger partial charge is 0.129 e. The molecule has 17 heavy (non-hydrogen) atoms. The van der Waals surface area contributed by atoms with Crippen LogP contribution in [0.25, 0.3) is 0 Å². The number of rotatable bonds is 3. The number of pyridine rings is 1. The SMILES string of the molecule is Cc1cc(N)cnc1NC(C)(C)c1nccs1. The molecule has 0 bridgehead atoms. The van der Waals surface area contributed by atoms with Gasteiger partial charge in [0.1, 0.15) is 10.8 Å². The van der Waals surface area contributed by atoms with Gasteiger partial charge in [-0.15, -0.1) is 11.3 Å². The molecule has 0 aliphatic heterocycles. The molecule has 0 saturated carbocycles. The number of aromatic nitrogens is 2. The largest absolute Gasteiger partial charge is 0.397 e. The van der Waals surface area contributed by atoms with Crippen molar-refractivity contribution in [2.45, 2.75) is 26.3 Å². The summed E-state index contributed by atoms with van der Waals surface area (Å²) in [5.41, 5.74) is 7.17. The molecule has 0 fully saturated rings. The van der Waals surface area contributed by atoms with Crippen LogP contribution >= 0.6 is 11.3 Å². The Morgan fingerprint density at radius 2 is 2.12 bits per heavy atom. The summed E-state index contributed by atoms with van der Waals surface area (Å²) in [6.07, 6.45) is 3.47. The number of anilines is 2. The van der Waals surface area contributed by atoms with E-state index in [-0.39, 0.29) is 5.54 Å². The lowest BCUT2D eigenvalue weighted by molar-refractivity contribution is 0.600. The van der Waals surface area contributed by atoms with Gasteiger partial charge in [-0.05, 0) is 32.4 Å². The Morgan fingerprint density at radius 1 is 1.35 bits per heavy atom. The number of hydrogen-bond donors (Lipinski definition) is 2. The van der Waals surface area contributed by atoms with Crippen molar-refractivity contribution < 1.29 is 0 Å². The van der Waals surface area contributed by atoms with Crippen LogP contribution in [0.3, 0.4) is 0 Å². The topological polar surface area (TPSA) is 63.8 Å². The molecule has 0 aliphatic carbocycles. The van der Waals surface area contributed by atoms with Gasteiger partial charge < -0.3 is 11.1 Å². The van der Waals surface area contributed by atoms with Crippen LogP contribution in [0.15, 0.2) is 23.8 Å². The average Bonchev–Trinajstić information content (AvgIpc) is 2.76. The number of hydrogen-bond acceptors (Lipinski definition) is 5. The fraction of sp³-hybridized carbons (Fsp3) is 0.333. The van der Waals surface area contributed by atoms with Gasteiger partial charge >= 0.3 is 0 Å². The zero-order valence-corrected chi connectivity index (χ0v) is 11.0. The zero-order valence-electron chi connectivity index (χ0n) is 10.2. The summed E-state index contributed by atoms with van der Waals surface area (Å²) in [6, 6.07) is 1.91. The van der Waals surface area contributed by atoms with Crippen LogP contribution in [-0.4, -0.2) is 9.97 Å². The molecule has 0 saturated heterocycles. The van der Waals surface area contributed by atoms with E-state index in [1.165, 1.54) is 0 Å². The van der Waals surface area contributed by atoms with Crippen LogP contribution in [0, 0.1) is 6.92 Å². The van der Waals surface area contributed by atoms with Gasteiger partial charge in [0.05, 0.1) is 17.4 Å². The van der Waals surface area contributed by atoms with Crippen molar-refractivity contribution in [1.29, 1.82) is 0 Å². The molecule has 2 aromatic heterocycles. The van der Waals surface area contributed by atoms with E-state index in [0.29, 0.717) is 5.69 Å². The summed E-state index contributed by atoms with van der Waals surface area (Å²) < 4.78 is 0. The van der Waals surface area contributed by atoms with Crippen molar-refractivity contribution in [3.63, 3.8) is 0 Å². The van der Waals surface area contributed by atoms with Gasteiger partial charge in [-0.25, -0.2) is 9.97 Å². The number of nitrogens with zero attached hydrogens (tertiary/aromatic N) is 2. The molecule has 0 radical (unpaired) electrons. The second-order valence-electron chi connectivity index (χ2n) is 4.52. The highest BCUT2D eigenvalue weighted by molar-refractivity contribution is 7.09. The molecule has 0 aromatic carbocycles. The number of nitrogens with two attached hydrogens (primary N) is 1. The van der Waals surface area contributed by atoms with E-state index >= 15 is 0 Å². The normalized spacial score (nSPS) is 11.5. The van der Waals surface area contributed by atoms with Gasteiger partial charge in [-0.3, -0.25) is 0 Å². The van der Waals surface area contributed by atoms with Crippen LogP contribution in [0.1, 0.15) is 24.4 Å². The highest BCUT2D eigenvalue weighted by Crippen LogP contribution is 2.27. The Morgan fingerprint density at radius 3 is 2.71 bits per heavy atom. The molecule has 0 atom stereocenters. The van der Waals surface area contributed by atoms with E-state index < -0.39 is 0 Å². The molecule has 0 unspecified atom stereocenters. The Balaban J connectivity index is 2.26. The quantitative estimate of drug-likeness (QED) is 0.876. The third-order valence-corrected chi connectivity index (χ3v) is 3.59. The van der Waals surface area contributed by atoms with E-state index in [9.17, 15) is 0 Å². The maximum atomic E-state index is 5.69. The highest BCUT2D eigenvalue weighted by Gasteiger charge is 2.24. The first kappa shape index (κ1) is 11.9. The van der Waals surface area contributed by atoms with Crippen LogP contribution in [-0.2, 0) is 5.54 Å². The lowest BCUT2D eigenvalue weighted by Gasteiger charge is -2.25. The van der Waals surface area contributed by atoms with Crippen molar-refractivity contribution in [3.8, 4) is 0 Å². The Bertz CT molecular complexity index is 505. The van der Waals surface area contributed by atoms with Crippen molar-refractivity contribution in [1.82, 2.24) is 9.97 Å². The Hall–Kier alpha value is -1.62. The van der Waals surface area contributed by atoms with Crippen molar-refractivity contribution in [3.05, 3.63) is 34.4 Å². The monoisotopic (exact) mass is 248 g/mol. The lowest BCUT2D eigenvalue weighted by atomic mass is 10.1. The third-order valence-electron chi connectivity index (χ3n) is 2.50. The fourth-order valence-corrected chi connectivity index (χ4v) is 2.33. The summed E-state index contributed by atoms with van der Waals surface area (Å²) in [5, 5.41) is 6.41. The average molecular weight is 248 g/mol. The predicted octanol–water partition coefficient (Wildman–Crippen LogP) is 2.78. The first-order chi connectivity index (χ1) is 7.99. The molecule has 2 aromatic rings. The second-order valence-corrected chi connectivity index (χ2v) is 5.42. The molecule has 0 spiro atoms. The van der Waals surface area contributed by atoms with Gasteiger partial charge in [0, 0.05) is 11.6 Å². The molecule has 4 nitrogen and oxygen atoms in total. The molecular formula is C12H16N4S. The first-order valence-corrected chi connectivity index (χ1v) is 6.27. The molecule has 90 valence electrons. The van der Waals surface area contributed by atoms with Crippen molar-refractivity contribution in [2.24, 2.45) is 0 Å². The maximum absolute atomic E-state index is 5.69. The molecule has 5 heteroatoms. The standard InChI is InChI=1S/C12H16N4S/c1-8-6-9(13)7-15-10(8)16-12(2,3)11-14-4-5-17-11/h4-7H,13H2,1-3H3,(H,15,16). The van der Waals surface area contributed by atoms with E-state index in [4.69, 9.17) is 5.73 Å². The molecular weight excluding hydrogens is 232 g/mol. The van der Waals surface area contributed by atoms with Crippen molar-refractivity contribution >= 4 is 22.8 Å². The fourth-order valence-electron chi connectivity index (χ4n) is 1.61. The van der Waals surface area contributed by atoms with Crippen LogP contribution < -0.4 is 11.1 Å². The summed E-state index contributed by atoms with van der Waals surface area (Å²) in [4.78, 5) is 8.65. The van der Waals surface area contributed by atoms with E-state index in [0.717, 1.165) is 16.4 Å². The van der Waals surface area contributed by atoms with Gasteiger partial charge in [-0.1, -0.05) is 0 Å². The molecule has 2 rings (SSSR count). The summed E-state index contributed by atoms with van der Waals surface area (Å²) >= 11 is 1.63. The van der Waals surface area contributed by atoms with Crippen LogP contribution in [0.5, 0.6) is 0 Å². The molecule has 0 aliphatic rings. The number of nitrogens with one attached hydrogen (secondary N) is 1. The minimum Gasteiger partial charge on any atom is -0.397 e. The second kappa shape index (κ2) is 4.33. The van der Waals surface area contributed by atoms with Gasteiger partial charge in [0.15, 0.2) is 0 Å². The predicted molar refractivity (Wildman–Crippen MR) is 72.1 cm³/mol. The van der Waals surface area contributed by atoms with Gasteiger partial charge in [-0.2, -0.15) is 0 Å². The third kappa shape index (κ3) is 2.55.